The van der Waals surface area contributed by atoms with Gasteiger partial charge in [0.2, 0.25) is 0 Å². The molecule has 0 bridgehead atoms. The summed E-state index contributed by atoms with van der Waals surface area (Å²) in [5, 5.41) is 3.25. The standard InChI is InChI=1S/C12H16F2N2/c13-10-7-12(15)11(14)6-9(10)5-8-1-3-16-4-2-8/h6-8,16H,1-5,15H2. The van der Waals surface area contributed by atoms with Gasteiger partial charge in [-0.1, -0.05) is 0 Å². The molecule has 4 heteroatoms. The van der Waals surface area contributed by atoms with Crippen molar-refractivity contribution in [2.75, 3.05) is 18.8 Å². The molecule has 1 heterocycles. The summed E-state index contributed by atoms with van der Waals surface area (Å²) in [6.45, 7) is 1.92. The van der Waals surface area contributed by atoms with Gasteiger partial charge in [0.25, 0.3) is 0 Å². The van der Waals surface area contributed by atoms with E-state index >= 15 is 0 Å². The molecule has 2 nitrogen and oxygen atoms in total. The first-order valence-electron chi connectivity index (χ1n) is 5.61. The number of nitrogen functional groups attached to an aromatic ring is 1. The minimum atomic E-state index is -0.523. The fraction of sp³-hybridized carbons (Fsp3) is 0.500. The Hall–Kier alpha value is -1.16. The van der Waals surface area contributed by atoms with Crippen molar-refractivity contribution in [3.05, 3.63) is 29.3 Å². The molecule has 0 spiro atoms. The van der Waals surface area contributed by atoms with Crippen LogP contribution in [0.1, 0.15) is 18.4 Å². The third-order valence-corrected chi connectivity index (χ3v) is 3.13. The summed E-state index contributed by atoms with van der Waals surface area (Å²) in [6.07, 6.45) is 2.64. The van der Waals surface area contributed by atoms with Gasteiger partial charge in [0, 0.05) is 6.07 Å². The number of hydrogen-bond donors (Lipinski definition) is 2. The molecule has 1 saturated heterocycles. The number of nitrogens with one attached hydrogen (secondary N) is 1. The van der Waals surface area contributed by atoms with Gasteiger partial charge in [0.1, 0.15) is 11.6 Å². The van der Waals surface area contributed by atoms with Crippen LogP contribution in [0.4, 0.5) is 14.5 Å². The summed E-state index contributed by atoms with van der Waals surface area (Å²) >= 11 is 0. The Labute approximate surface area is 93.8 Å². The van der Waals surface area contributed by atoms with E-state index in [1.165, 1.54) is 6.07 Å². The van der Waals surface area contributed by atoms with Crippen molar-refractivity contribution < 1.29 is 8.78 Å². The molecule has 1 aromatic carbocycles. The average Bonchev–Trinajstić information content (AvgIpc) is 2.27. The zero-order valence-electron chi connectivity index (χ0n) is 9.10. The number of halogens is 2. The minimum absolute atomic E-state index is 0.119. The van der Waals surface area contributed by atoms with E-state index in [1.54, 1.807) is 0 Å². The molecule has 0 atom stereocenters. The van der Waals surface area contributed by atoms with E-state index in [0.717, 1.165) is 32.0 Å². The molecule has 1 aromatic rings. The number of benzene rings is 1. The molecule has 16 heavy (non-hydrogen) atoms. The lowest BCUT2D eigenvalue weighted by molar-refractivity contribution is 0.368. The Morgan fingerprint density at radius 2 is 1.88 bits per heavy atom. The number of anilines is 1. The van der Waals surface area contributed by atoms with Crippen molar-refractivity contribution in [2.45, 2.75) is 19.3 Å². The maximum Gasteiger partial charge on any atom is 0.146 e. The summed E-state index contributed by atoms with van der Waals surface area (Å²) in [7, 11) is 0. The molecule has 3 N–H and O–H groups in total. The van der Waals surface area contributed by atoms with Crippen LogP contribution in [0.2, 0.25) is 0 Å². The van der Waals surface area contributed by atoms with Crippen molar-refractivity contribution >= 4 is 5.69 Å². The first-order valence-corrected chi connectivity index (χ1v) is 5.61. The second-order valence-corrected chi connectivity index (χ2v) is 4.36. The van der Waals surface area contributed by atoms with Crippen molar-refractivity contribution in [3.63, 3.8) is 0 Å². The van der Waals surface area contributed by atoms with Crippen LogP contribution in [0.5, 0.6) is 0 Å². The highest BCUT2D eigenvalue weighted by Gasteiger charge is 2.16. The molecule has 0 radical (unpaired) electrons. The van der Waals surface area contributed by atoms with E-state index in [9.17, 15) is 8.78 Å². The summed E-state index contributed by atoms with van der Waals surface area (Å²) in [5.41, 5.74) is 5.62. The number of nitrogens with two attached hydrogens (primary N) is 1. The van der Waals surface area contributed by atoms with Crippen LogP contribution in [0.25, 0.3) is 0 Å². The van der Waals surface area contributed by atoms with Gasteiger partial charge in [-0.15, -0.1) is 0 Å². The van der Waals surface area contributed by atoms with Gasteiger partial charge in [-0.2, -0.15) is 0 Å². The fourth-order valence-corrected chi connectivity index (χ4v) is 2.16. The highest BCUT2D eigenvalue weighted by molar-refractivity contribution is 5.42. The monoisotopic (exact) mass is 226 g/mol. The Morgan fingerprint density at radius 3 is 2.56 bits per heavy atom. The Kier molecular flexibility index (Phi) is 3.39. The third kappa shape index (κ3) is 2.50. The molecule has 88 valence electrons. The van der Waals surface area contributed by atoms with Crippen LogP contribution >= 0.6 is 0 Å². The van der Waals surface area contributed by atoms with Gasteiger partial charge in [-0.25, -0.2) is 8.78 Å². The van der Waals surface area contributed by atoms with Crippen molar-refractivity contribution in [3.8, 4) is 0 Å². The summed E-state index contributed by atoms with van der Waals surface area (Å²) in [6, 6.07) is 2.30. The van der Waals surface area contributed by atoms with Crippen LogP contribution in [-0.4, -0.2) is 13.1 Å². The van der Waals surface area contributed by atoms with E-state index in [0.29, 0.717) is 17.9 Å². The highest BCUT2D eigenvalue weighted by atomic mass is 19.1. The summed E-state index contributed by atoms with van der Waals surface area (Å²) < 4.78 is 26.7. The molecule has 1 fully saturated rings. The topological polar surface area (TPSA) is 38.0 Å². The molecule has 0 saturated carbocycles. The van der Waals surface area contributed by atoms with Gasteiger partial charge < -0.3 is 11.1 Å². The van der Waals surface area contributed by atoms with Crippen LogP contribution in [-0.2, 0) is 6.42 Å². The number of rotatable bonds is 2. The Balaban J connectivity index is 2.11. The summed E-state index contributed by atoms with van der Waals surface area (Å²) in [4.78, 5) is 0. The van der Waals surface area contributed by atoms with E-state index in [-0.39, 0.29) is 5.69 Å². The highest BCUT2D eigenvalue weighted by Crippen LogP contribution is 2.23. The van der Waals surface area contributed by atoms with Crippen LogP contribution in [0, 0.1) is 17.6 Å². The van der Waals surface area contributed by atoms with Gasteiger partial charge in [0.05, 0.1) is 5.69 Å². The van der Waals surface area contributed by atoms with E-state index in [4.69, 9.17) is 5.73 Å². The first-order chi connectivity index (χ1) is 7.66. The van der Waals surface area contributed by atoms with Crippen molar-refractivity contribution in [2.24, 2.45) is 5.92 Å². The zero-order chi connectivity index (χ0) is 11.5. The maximum absolute atomic E-state index is 13.5. The molecule has 0 unspecified atom stereocenters. The second-order valence-electron chi connectivity index (χ2n) is 4.36. The molecular weight excluding hydrogens is 210 g/mol. The van der Waals surface area contributed by atoms with E-state index in [1.807, 2.05) is 0 Å². The molecule has 0 amide bonds. The average molecular weight is 226 g/mol. The number of piperidine rings is 1. The Bertz CT molecular complexity index is 374. The molecule has 0 aliphatic carbocycles. The molecular formula is C12H16F2N2. The predicted octanol–water partition coefficient (Wildman–Crippen LogP) is 2.09. The largest absolute Gasteiger partial charge is 0.396 e. The Morgan fingerprint density at radius 1 is 1.19 bits per heavy atom. The fourth-order valence-electron chi connectivity index (χ4n) is 2.16. The lowest BCUT2D eigenvalue weighted by Gasteiger charge is -2.22. The van der Waals surface area contributed by atoms with Crippen LogP contribution in [0.3, 0.4) is 0 Å². The van der Waals surface area contributed by atoms with Crippen LogP contribution < -0.4 is 11.1 Å². The minimum Gasteiger partial charge on any atom is -0.396 e. The quantitative estimate of drug-likeness (QED) is 0.758. The van der Waals surface area contributed by atoms with E-state index in [2.05, 4.69) is 5.32 Å². The zero-order valence-corrected chi connectivity index (χ0v) is 9.10. The first kappa shape index (κ1) is 11.3. The lowest BCUT2D eigenvalue weighted by Crippen LogP contribution is -2.28. The maximum atomic E-state index is 13.5. The normalized spacial score (nSPS) is 17.6. The number of hydrogen-bond acceptors (Lipinski definition) is 2. The van der Waals surface area contributed by atoms with E-state index < -0.39 is 11.6 Å². The van der Waals surface area contributed by atoms with Crippen molar-refractivity contribution in [1.29, 1.82) is 0 Å². The van der Waals surface area contributed by atoms with Gasteiger partial charge in [0.15, 0.2) is 0 Å². The molecule has 0 aromatic heterocycles. The lowest BCUT2D eigenvalue weighted by atomic mass is 9.90. The van der Waals surface area contributed by atoms with Crippen LogP contribution in [0.15, 0.2) is 12.1 Å². The van der Waals surface area contributed by atoms with Crippen molar-refractivity contribution in [1.82, 2.24) is 5.32 Å². The predicted molar refractivity (Wildman–Crippen MR) is 60.1 cm³/mol. The second kappa shape index (κ2) is 4.78. The smallest absolute Gasteiger partial charge is 0.146 e. The van der Waals surface area contributed by atoms with Gasteiger partial charge >= 0.3 is 0 Å². The summed E-state index contributed by atoms with van der Waals surface area (Å²) in [5.74, 6) is -0.471. The SMILES string of the molecule is Nc1cc(F)c(CC2CCNCC2)cc1F. The third-order valence-electron chi connectivity index (χ3n) is 3.13. The molecule has 1 aliphatic rings. The molecule has 2 rings (SSSR count). The molecule has 1 aliphatic heterocycles. The van der Waals surface area contributed by atoms with Gasteiger partial charge in [-0.05, 0) is 49.9 Å². The van der Waals surface area contributed by atoms with Gasteiger partial charge in [-0.3, -0.25) is 0 Å².